The maximum absolute atomic E-state index is 12.3. The summed E-state index contributed by atoms with van der Waals surface area (Å²) in [6, 6.07) is 13.5. The predicted molar refractivity (Wildman–Crippen MR) is 101 cm³/mol. The third-order valence-electron chi connectivity index (χ3n) is 4.65. The van der Waals surface area contributed by atoms with Gasteiger partial charge in [0.25, 0.3) is 0 Å². The maximum atomic E-state index is 12.3. The topological polar surface area (TPSA) is 75.4 Å². The Morgan fingerprint density at radius 2 is 1.96 bits per heavy atom. The van der Waals surface area contributed by atoms with Crippen LogP contribution in [0.1, 0.15) is 12.3 Å². The Morgan fingerprint density at radius 3 is 2.74 bits per heavy atom. The summed E-state index contributed by atoms with van der Waals surface area (Å²) in [5.74, 6) is 1.59. The number of hydrogen-bond acceptors (Lipinski definition) is 6. The summed E-state index contributed by atoms with van der Waals surface area (Å²) in [7, 11) is 2.01. The molecule has 0 radical (unpaired) electrons. The second-order valence-corrected chi connectivity index (χ2v) is 6.85. The lowest BCUT2D eigenvalue weighted by Gasteiger charge is -2.20. The van der Waals surface area contributed by atoms with Gasteiger partial charge < -0.3 is 9.42 Å². The first-order valence-electron chi connectivity index (χ1n) is 8.96. The number of carbonyl (C=O) groups excluding carboxylic acids is 1. The molecule has 1 amide bonds. The molecule has 0 unspecified atom stereocenters. The van der Waals surface area contributed by atoms with Crippen molar-refractivity contribution in [3.8, 4) is 11.4 Å². The van der Waals surface area contributed by atoms with Crippen LogP contribution in [0.5, 0.6) is 0 Å². The van der Waals surface area contributed by atoms with E-state index in [0.717, 1.165) is 24.3 Å². The van der Waals surface area contributed by atoms with Crippen molar-refractivity contribution < 1.29 is 9.32 Å². The molecule has 1 atom stereocenters. The predicted octanol–water partition coefficient (Wildman–Crippen LogP) is 2.62. The second kappa shape index (κ2) is 7.67. The molecule has 1 aliphatic rings. The molecule has 0 bridgehead atoms. The highest BCUT2D eigenvalue weighted by Crippen LogP contribution is 2.25. The zero-order valence-electron chi connectivity index (χ0n) is 15.2. The van der Waals surface area contributed by atoms with Crippen LogP contribution in [0.4, 0.5) is 5.69 Å². The standard InChI is InChI=1S/C20H21N5O2/c1-24(14-18-22-20(23-27-18)16-7-9-21-10-8-16)12-15-11-19(26)25(13-15)17-5-3-2-4-6-17/h2-10,15H,11-14H2,1H3/t15-/m0/s1. The van der Waals surface area contributed by atoms with Crippen molar-refractivity contribution in [1.29, 1.82) is 0 Å². The molecule has 0 aliphatic carbocycles. The molecular weight excluding hydrogens is 342 g/mol. The minimum absolute atomic E-state index is 0.178. The van der Waals surface area contributed by atoms with E-state index in [9.17, 15) is 4.79 Å². The number of hydrogen-bond donors (Lipinski definition) is 0. The Kier molecular flexibility index (Phi) is 4.93. The van der Waals surface area contributed by atoms with Gasteiger partial charge >= 0.3 is 0 Å². The average Bonchev–Trinajstić information content (AvgIpc) is 3.29. The number of rotatable bonds is 6. The molecule has 0 saturated carbocycles. The number of anilines is 1. The summed E-state index contributed by atoms with van der Waals surface area (Å²) >= 11 is 0. The molecule has 1 fully saturated rings. The van der Waals surface area contributed by atoms with E-state index in [1.165, 1.54) is 0 Å². The number of pyridine rings is 1. The van der Waals surface area contributed by atoms with Crippen LogP contribution in [-0.4, -0.2) is 46.1 Å². The van der Waals surface area contributed by atoms with E-state index < -0.39 is 0 Å². The van der Waals surface area contributed by atoms with Crippen molar-refractivity contribution in [3.63, 3.8) is 0 Å². The Bertz CT molecular complexity index is 897. The fourth-order valence-corrected chi connectivity index (χ4v) is 3.43. The van der Waals surface area contributed by atoms with Crippen molar-refractivity contribution >= 4 is 11.6 Å². The lowest BCUT2D eigenvalue weighted by molar-refractivity contribution is -0.117. The quantitative estimate of drug-likeness (QED) is 0.670. The number of carbonyl (C=O) groups is 1. The minimum atomic E-state index is 0.178. The van der Waals surface area contributed by atoms with Crippen LogP contribution in [-0.2, 0) is 11.3 Å². The normalized spacial score (nSPS) is 17.0. The highest BCUT2D eigenvalue weighted by Gasteiger charge is 2.31. The Morgan fingerprint density at radius 1 is 1.19 bits per heavy atom. The van der Waals surface area contributed by atoms with Crippen LogP contribution < -0.4 is 4.90 Å². The first-order valence-corrected chi connectivity index (χ1v) is 8.96. The average molecular weight is 363 g/mol. The molecule has 0 spiro atoms. The molecule has 4 rings (SSSR count). The fourth-order valence-electron chi connectivity index (χ4n) is 3.43. The number of para-hydroxylation sites is 1. The van der Waals surface area contributed by atoms with Crippen LogP contribution in [0.15, 0.2) is 59.4 Å². The van der Waals surface area contributed by atoms with Gasteiger partial charge in [-0.25, -0.2) is 0 Å². The van der Waals surface area contributed by atoms with E-state index in [1.54, 1.807) is 12.4 Å². The molecule has 3 aromatic rings. The molecule has 1 aliphatic heterocycles. The molecule has 138 valence electrons. The molecule has 1 aromatic carbocycles. The molecule has 2 aromatic heterocycles. The minimum Gasteiger partial charge on any atom is -0.338 e. The van der Waals surface area contributed by atoms with Gasteiger partial charge in [0.05, 0.1) is 6.54 Å². The van der Waals surface area contributed by atoms with Crippen molar-refractivity contribution in [2.24, 2.45) is 5.92 Å². The summed E-state index contributed by atoms with van der Waals surface area (Å²) in [6.45, 7) is 2.08. The molecule has 7 heteroatoms. The van der Waals surface area contributed by atoms with E-state index in [2.05, 4.69) is 20.0 Å². The van der Waals surface area contributed by atoms with Gasteiger partial charge in [-0.15, -0.1) is 0 Å². The van der Waals surface area contributed by atoms with E-state index >= 15 is 0 Å². The second-order valence-electron chi connectivity index (χ2n) is 6.85. The first kappa shape index (κ1) is 17.4. The molecule has 3 heterocycles. The highest BCUT2D eigenvalue weighted by molar-refractivity contribution is 5.95. The van der Waals surface area contributed by atoms with Crippen LogP contribution in [0.25, 0.3) is 11.4 Å². The number of nitrogens with zero attached hydrogens (tertiary/aromatic N) is 5. The van der Waals surface area contributed by atoms with Gasteiger partial charge in [-0.2, -0.15) is 4.98 Å². The lowest BCUT2D eigenvalue weighted by Crippen LogP contribution is -2.28. The number of aromatic nitrogens is 3. The summed E-state index contributed by atoms with van der Waals surface area (Å²) in [6.07, 6.45) is 3.96. The smallest absolute Gasteiger partial charge is 0.241 e. The van der Waals surface area contributed by atoms with E-state index in [4.69, 9.17) is 4.52 Å². The molecule has 1 saturated heterocycles. The third kappa shape index (κ3) is 4.03. The monoisotopic (exact) mass is 363 g/mol. The van der Waals surface area contributed by atoms with Crippen molar-refractivity contribution in [2.45, 2.75) is 13.0 Å². The largest absolute Gasteiger partial charge is 0.338 e. The van der Waals surface area contributed by atoms with Crippen LogP contribution >= 0.6 is 0 Å². The van der Waals surface area contributed by atoms with Gasteiger partial charge in [-0.3, -0.25) is 14.7 Å². The summed E-state index contributed by atoms with van der Waals surface area (Å²) in [4.78, 5) is 24.8. The third-order valence-corrected chi connectivity index (χ3v) is 4.65. The zero-order chi connectivity index (χ0) is 18.6. The number of benzene rings is 1. The number of amides is 1. The summed E-state index contributed by atoms with van der Waals surface area (Å²) < 4.78 is 5.37. The maximum Gasteiger partial charge on any atom is 0.241 e. The van der Waals surface area contributed by atoms with Gasteiger partial charge in [-0.1, -0.05) is 23.4 Å². The SMILES string of the molecule is CN(Cc1nc(-c2ccncc2)no1)C[C@@H]1CC(=O)N(c2ccccc2)C1. The van der Waals surface area contributed by atoms with Gasteiger partial charge in [0.1, 0.15) is 0 Å². The lowest BCUT2D eigenvalue weighted by atomic mass is 10.1. The van der Waals surface area contributed by atoms with E-state index in [-0.39, 0.29) is 11.8 Å². The van der Waals surface area contributed by atoms with E-state index in [1.807, 2.05) is 54.4 Å². The van der Waals surface area contributed by atoms with Crippen molar-refractivity contribution in [2.75, 3.05) is 25.0 Å². The zero-order valence-corrected chi connectivity index (χ0v) is 15.2. The summed E-state index contributed by atoms with van der Waals surface area (Å²) in [5.41, 5.74) is 1.84. The Labute approximate surface area is 157 Å². The molecular formula is C20H21N5O2. The Balaban J connectivity index is 1.34. The van der Waals surface area contributed by atoms with Crippen molar-refractivity contribution in [3.05, 3.63) is 60.7 Å². The first-order chi connectivity index (χ1) is 13.2. The summed E-state index contributed by atoms with van der Waals surface area (Å²) in [5, 5.41) is 4.03. The molecule has 27 heavy (non-hydrogen) atoms. The van der Waals surface area contributed by atoms with Gasteiger partial charge in [0, 0.05) is 43.2 Å². The van der Waals surface area contributed by atoms with Crippen LogP contribution in [0.3, 0.4) is 0 Å². The molecule has 7 nitrogen and oxygen atoms in total. The molecule has 0 N–H and O–H groups in total. The highest BCUT2D eigenvalue weighted by atomic mass is 16.5. The van der Waals surface area contributed by atoms with Crippen LogP contribution in [0, 0.1) is 5.92 Å². The van der Waals surface area contributed by atoms with Gasteiger partial charge in [0.15, 0.2) is 0 Å². The van der Waals surface area contributed by atoms with Gasteiger partial charge in [-0.05, 0) is 37.2 Å². The van der Waals surface area contributed by atoms with Gasteiger partial charge in [0.2, 0.25) is 17.6 Å². The van der Waals surface area contributed by atoms with Crippen molar-refractivity contribution in [1.82, 2.24) is 20.0 Å². The van der Waals surface area contributed by atoms with Crippen LogP contribution in [0.2, 0.25) is 0 Å². The fraction of sp³-hybridized carbons (Fsp3) is 0.300. The van der Waals surface area contributed by atoms with E-state index in [0.29, 0.717) is 24.7 Å². The Hall–Kier alpha value is -3.06.